The molecule has 1 saturated carbocycles. The van der Waals surface area contributed by atoms with Crippen LogP contribution in [0.4, 0.5) is 4.39 Å². The van der Waals surface area contributed by atoms with Gasteiger partial charge in [0.1, 0.15) is 5.82 Å². The topological polar surface area (TPSA) is 12.0 Å². The zero-order valence-corrected chi connectivity index (χ0v) is 14.3. The second-order valence-electron chi connectivity index (χ2n) is 6.92. The first-order valence-corrected chi connectivity index (χ1v) is 8.29. The average molecular weight is 342 g/mol. The maximum absolute atomic E-state index is 13.2. The first kappa shape index (κ1) is 16.0. The molecule has 1 aliphatic rings. The van der Waals surface area contributed by atoms with E-state index in [2.05, 4.69) is 35.1 Å². The lowest BCUT2D eigenvalue weighted by Crippen LogP contribution is -2.36. The van der Waals surface area contributed by atoms with Crippen LogP contribution in [0.5, 0.6) is 0 Å². The van der Waals surface area contributed by atoms with Crippen molar-refractivity contribution in [3.8, 4) is 0 Å². The van der Waals surface area contributed by atoms with Crippen LogP contribution in [0.15, 0.2) is 22.7 Å². The van der Waals surface area contributed by atoms with Gasteiger partial charge in [0, 0.05) is 4.47 Å². The molecule has 1 N–H and O–H groups in total. The standard InChI is InChI=1S/C17H25BrFN/c1-17(2)7-6-13(11-20-3)14(10-17)8-12-4-5-15(19)9-16(12)18/h4-5,9,13-14,20H,6-8,10-11H2,1-3H3. The molecule has 1 fully saturated rings. The van der Waals surface area contributed by atoms with Crippen LogP contribution in [0.3, 0.4) is 0 Å². The summed E-state index contributed by atoms with van der Waals surface area (Å²) in [6, 6.07) is 5.08. The van der Waals surface area contributed by atoms with Gasteiger partial charge in [-0.1, -0.05) is 35.8 Å². The van der Waals surface area contributed by atoms with Gasteiger partial charge in [-0.25, -0.2) is 4.39 Å². The van der Waals surface area contributed by atoms with Gasteiger partial charge in [-0.3, -0.25) is 0 Å². The van der Waals surface area contributed by atoms with Gasteiger partial charge in [0.15, 0.2) is 0 Å². The zero-order valence-electron chi connectivity index (χ0n) is 12.7. The lowest BCUT2D eigenvalue weighted by molar-refractivity contribution is 0.117. The summed E-state index contributed by atoms with van der Waals surface area (Å²) >= 11 is 3.51. The Balaban J connectivity index is 2.14. The quantitative estimate of drug-likeness (QED) is 0.829. The number of halogens is 2. The van der Waals surface area contributed by atoms with Crippen LogP contribution in [-0.4, -0.2) is 13.6 Å². The Kier molecular flexibility index (Phi) is 5.25. The molecule has 3 heteroatoms. The second-order valence-corrected chi connectivity index (χ2v) is 7.78. The third-order valence-electron chi connectivity index (χ3n) is 4.64. The van der Waals surface area contributed by atoms with Crippen molar-refractivity contribution in [1.82, 2.24) is 5.32 Å². The van der Waals surface area contributed by atoms with Gasteiger partial charge in [-0.2, -0.15) is 0 Å². The summed E-state index contributed by atoms with van der Waals surface area (Å²) in [6.07, 6.45) is 4.89. The van der Waals surface area contributed by atoms with E-state index in [1.165, 1.54) is 24.8 Å². The smallest absolute Gasteiger partial charge is 0.124 e. The van der Waals surface area contributed by atoms with E-state index in [0.29, 0.717) is 11.3 Å². The number of benzene rings is 1. The number of nitrogens with one attached hydrogen (secondary N) is 1. The highest BCUT2D eigenvalue weighted by atomic mass is 79.9. The highest BCUT2D eigenvalue weighted by Crippen LogP contribution is 2.43. The zero-order chi connectivity index (χ0) is 14.8. The summed E-state index contributed by atoms with van der Waals surface area (Å²) in [5.74, 6) is 1.23. The average Bonchev–Trinajstić information content (AvgIpc) is 2.36. The molecule has 1 nitrogen and oxygen atoms in total. The molecule has 0 heterocycles. The predicted octanol–water partition coefficient (Wildman–Crippen LogP) is 4.79. The normalized spacial score (nSPS) is 25.6. The van der Waals surface area contributed by atoms with Crippen LogP contribution < -0.4 is 5.32 Å². The largest absolute Gasteiger partial charge is 0.319 e. The summed E-state index contributed by atoms with van der Waals surface area (Å²) < 4.78 is 14.1. The van der Waals surface area contributed by atoms with E-state index >= 15 is 0 Å². The Bertz CT molecular complexity index is 458. The van der Waals surface area contributed by atoms with Gasteiger partial charge in [-0.05, 0) is 74.2 Å². The van der Waals surface area contributed by atoms with Crippen molar-refractivity contribution < 1.29 is 4.39 Å². The molecule has 2 unspecified atom stereocenters. The minimum atomic E-state index is -0.170. The second kappa shape index (κ2) is 6.57. The van der Waals surface area contributed by atoms with Crippen LogP contribution in [0.1, 0.15) is 38.7 Å². The van der Waals surface area contributed by atoms with Gasteiger partial charge in [0.2, 0.25) is 0 Å². The highest BCUT2D eigenvalue weighted by Gasteiger charge is 2.34. The van der Waals surface area contributed by atoms with Crippen molar-refractivity contribution in [2.75, 3.05) is 13.6 Å². The molecule has 0 bridgehead atoms. The summed E-state index contributed by atoms with van der Waals surface area (Å²) in [5, 5.41) is 3.33. The summed E-state index contributed by atoms with van der Waals surface area (Å²) in [5.41, 5.74) is 1.66. The van der Waals surface area contributed by atoms with Crippen LogP contribution >= 0.6 is 15.9 Å². The van der Waals surface area contributed by atoms with Gasteiger partial charge >= 0.3 is 0 Å². The van der Waals surface area contributed by atoms with Crippen molar-refractivity contribution >= 4 is 15.9 Å². The minimum absolute atomic E-state index is 0.170. The molecular formula is C17H25BrFN. The molecular weight excluding hydrogens is 317 g/mol. The van der Waals surface area contributed by atoms with E-state index in [-0.39, 0.29) is 5.82 Å². The third kappa shape index (κ3) is 4.05. The Morgan fingerprint density at radius 2 is 2.10 bits per heavy atom. The molecule has 1 aliphatic carbocycles. The molecule has 0 radical (unpaired) electrons. The monoisotopic (exact) mass is 341 g/mol. The van der Waals surface area contributed by atoms with Crippen LogP contribution in [0.25, 0.3) is 0 Å². The summed E-state index contributed by atoms with van der Waals surface area (Å²) in [7, 11) is 2.03. The first-order valence-electron chi connectivity index (χ1n) is 7.50. The maximum Gasteiger partial charge on any atom is 0.124 e. The number of hydrogen-bond donors (Lipinski definition) is 1. The Morgan fingerprint density at radius 3 is 2.75 bits per heavy atom. The van der Waals surface area contributed by atoms with Crippen molar-refractivity contribution in [1.29, 1.82) is 0 Å². The molecule has 20 heavy (non-hydrogen) atoms. The van der Waals surface area contributed by atoms with Gasteiger partial charge in [0.05, 0.1) is 0 Å². The Hall–Kier alpha value is -0.410. The van der Waals surface area contributed by atoms with Gasteiger partial charge < -0.3 is 5.32 Å². The molecule has 0 aliphatic heterocycles. The summed E-state index contributed by atoms with van der Waals surface area (Å²) in [6.45, 7) is 5.82. The Morgan fingerprint density at radius 1 is 1.35 bits per heavy atom. The lowest BCUT2D eigenvalue weighted by atomic mass is 9.65. The fourth-order valence-corrected chi connectivity index (χ4v) is 4.04. The van der Waals surface area contributed by atoms with Crippen LogP contribution in [-0.2, 0) is 6.42 Å². The van der Waals surface area contributed by atoms with Crippen LogP contribution in [0, 0.1) is 23.1 Å². The van der Waals surface area contributed by atoms with E-state index in [9.17, 15) is 4.39 Å². The molecule has 0 saturated heterocycles. The number of rotatable bonds is 4. The molecule has 112 valence electrons. The highest BCUT2D eigenvalue weighted by molar-refractivity contribution is 9.10. The van der Waals surface area contributed by atoms with Crippen molar-refractivity contribution in [2.45, 2.75) is 39.5 Å². The SMILES string of the molecule is CNCC1CCC(C)(C)CC1Cc1ccc(F)cc1Br. The molecule has 2 atom stereocenters. The molecule has 0 aromatic heterocycles. The van der Waals surface area contributed by atoms with Gasteiger partial charge in [-0.15, -0.1) is 0 Å². The van der Waals surface area contributed by atoms with Crippen molar-refractivity contribution in [3.63, 3.8) is 0 Å². The minimum Gasteiger partial charge on any atom is -0.319 e. The van der Waals surface area contributed by atoms with E-state index in [1.54, 1.807) is 12.1 Å². The molecule has 1 aromatic carbocycles. The van der Waals surface area contributed by atoms with Crippen molar-refractivity contribution in [2.24, 2.45) is 17.3 Å². The molecule has 0 amide bonds. The molecule has 0 spiro atoms. The van der Waals surface area contributed by atoms with E-state index < -0.39 is 0 Å². The van der Waals surface area contributed by atoms with Gasteiger partial charge in [0.25, 0.3) is 0 Å². The first-order chi connectivity index (χ1) is 9.41. The molecule has 1 aromatic rings. The number of hydrogen-bond acceptors (Lipinski definition) is 1. The lowest BCUT2D eigenvalue weighted by Gasteiger charge is -2.41. The van der Waals surface area contributed by atoms with Crippen LogP contribution in [0.2, 0.25) is 0 Å². The Labute approximate surface area is 130 Å². The fraction of sp³-hybridized carbons (Fsp3) is 0.647. The predicted molar refractivity (Wildman–Crippen MR) is 86.3 cm³/mol. The van der Waals surface area contributed by atoms with E-state index in [0.717, 1.165) is 23.4 Å². The van der Waals surface area contributed by atoms with E-state index in [1.807, 2.05) is 13.1 Å². The fourth-order valence-electron chi connectivity index (χ4n) is 3.53. The summed E-state index contributed by atoms with van der Waals surface area (Å²) in [4.78, 5) is 0. The van der Waals surface area contributed by atoms with E-state index in [4.69, 9.17) is 0 Å². The molecule has 2 rings (SSSR count). The maximum atomic E-state index is 13.2. The third-order valence-corrected chi connectivity index (χ3v) is 5.38. The van der Waals surface area contributed by atoms with Crippen molar-refractivity contribution in [3.05, 3.63) is 34.1 Å².